The molecule has 1 saturated heterocycles. The maximum Gasteiger partial charge on any atom is 0.259 e. The van der Waals surface area contributed by atoms with Crippen molar-refractivity contribution in [1.82, 2.24) is 14.8 Å². The molecule has 1 N–H and O–H groups in total. The van der Waals surface area contributed by atoms with Crippen LogP contribution in [0.15, 0.2) is 17.2 Å². The topological polar surface area (TPSA) is 71.4 Å². The number of carbonyl (C=O) groups is 2. The number of nitrogens with zero attached hydrogens (tertiary/aromatic N) is 2. The number of hydrogen-bond donors (Lipinski definition) is 1. The molecule has 1 aromatic rings. The largest absolute Gasteiger partial charge is 0.349 e. The van der Waals surface area contributed by atoms with Crippen LogP contribution in [0.3, 0.4) is 0 Å². The van der Waals surface area contributed by atoms with E-state index in [4.69, 9.17) is 0 Å². The van der Waals surface area contributed by atoms with Gasteiger partial charge in [-0.3, -0.25) is 14.4 Å². The van der Waals surface area contributed by atoms with E-state index in [1.54, 1.807) is 17.3 Å². The molecule has 1 atom stereocenters. The van der Waals surface area contributed by atoms with Gasteiger partial charge in [0.25, 0.3) is 11.8 Å². The molecule has 1 unspecified atom stereocenters. The van der Waals surface area contributed by atoms with Crippen molar-refractivity contribution in [2.24, 2.45) is 5.92 Å². The molecule has 1 aliphatic carbocycles. The van der Waals surface area contributed by atoms with Crippen LogP contribution in [-0.4, -0.2) is 40.4 Å². The van der Waals surface area contributed by atoms with E-state index in [1.165, 1.54) is 0 Å². The second-order valence-electron chi connectivity index (χ2n) is 8.56. The van der Waals surface area contributed by atoms with Crippen LogP contribution in [0.1, 0.15) is 92.5 Å². The number of carbonyl (C=O) groups excluding carboxylic acids is 2. The van der Waals surface area contributed by atoms with Crippen LogP contribution in [0.4, 0.5) is 0 Å². The Labute approximate surface area is 167 Å². The summed E-state index contributed by atoms with van der Waals surface area (Å²) in [5, 5.41) is 2.88. The maximum absolute atomic E-state index is 13.1. The monoisotopic (exact) mass is 387 g/mol. The van der Waals surface area contributed by atoms with Crippen LogP contribution >= 0.6 is 0 Å². The molecular formula is C22H33N3O3. The van der Waals surface area contributed by atoms with Crippen LogP contribution in [0, 0.1) is 5.92 Å². The number of piperidine rings is 1. The van der Waals surface area contributed by atoms with Gasteiger partial charge in [0.15, 0.2) is 0 Å². The summed E-state index contributed by atoms with van der Waals surface area (Å²) in [6.07, 6.45) is 10.4. The van der Waals surface area contributed by atoms with Gasteiger partial charge in [0.1, 0.15) is 11.1 Å². The van der Waals surface area contributed by atoms with Crippen molar-refractivity contribution in [3.05, 3.63) is 33.7 Å². The highest BCUT2D eigenvalue weighted by atomic mass is 16.2. The molecule has 0 spiro atoms. The Balaban J connectivity index is 1.96. The first-order valence-electron chi connectivity index (χ1n) is 10.8. The number of likely N-dealkylation sites (tertiary alicyclic amines) is 1. The summed E-state index contributed by atoms with van der Waals surface area (Å²) in [6.45, 7) is 7.43. The lowest BCUT2D eigenvalue weighted by atomic mass is 9.98. The number of amides is 2. The SMILES string of the molecule is CCC(C)NC(=O)c1cn(C2CCCC2)cc(C(=O)N2CCC(C)CC2)c1=O. The first kappa shape index (κ1) is 20.6. The molecule has 0 radical (unpaired) electrons. The third-order valence-electron chi connectivity index (χ3n) is 6.33. The second kappa shape index (κ2) is 8.93. The third kappa shape index (κ3) is 4.47. The molecule has 2 fully saturated rings. The molecule has 0 bridgehead atoms. The number of nitrogens with one attached hydrogen (secondary N) is 1. The van der Waals surface area contributed by atoms with Crippen molar-refractivity contribution in [2.45, 2.75) is 77.8 Å². The van der Waals surface area contributed by atoms with Crippen molar-refractivity contribution < 1.29 is 9.59 Å². The van der Waals surface area contributed by atoms with Gasteiger partial charge in [-0.1, -0.05) is 26.7 Å². The number of pyridine rings is 1. The van der Waals surface area contributed by atoms with Gasteiger partial charge in [0.2, 0.25) is 5.43 Å². The van der Waals surface area contributed by atoms with E-state index in [2.05, 4.69) is 12.2 Å². The predicted octanol–water partition coefficient (Wildman–Crippen LogP) is 3.36. The quantitative estimate of drug-likeness (QED) is 0.842. The molecule has 2 heterocycles. The van der Waals surface area contributed by atoms with Crippen LogP contribution in [0.25, 0.3) is 0 Å². The molecule has 28 heavy (non-hydrogen) atoms. The number of rotatable bonds is 5. The van der Waals surface area contributed by atoms with E-state index in [-0.39, 0.29) is 35.0 Å². The average molecular weight is 388 g/mol. The van der Waals surface area contributed by atoms with E-state index in [0.29, 0.717) is 19.0 Å². The van der Waals surface area contributed by atoms with Crippen molar-refractivity contribution in [1.29, 1.82) is 0 Å². The van der Waals surface area contributed by atoms with Crippen LogP contribution in [0.5, 0.6) is 0 Å². The first-order valence-corrected chi connectivity index (χ1v) is 10.8. The minimum Gasteiger partial charge on any atom is -0.349 e. The first-order chi connectivity index (χ1) is 13.4. The van der Waals surface area contributed by atoms with Crippen molar-refractivity contribution in [3.8, 4) is 0 Å². The van der Waals surface area contributed by atoms with Crippen LogP contribution < -0.4 is 10.7 Å². The molecule has 2 aliphatic rings. The maximum atomic E-state index is 13.1. The highest BCUT2D eigenvalue weighted by molar-refractivity contribution is 5.99. The zero-order chi connectivity index (χ0) is 20.3. The molecule has 1 aromatic heterocycles. The molecule has 6 heteroatoms. The Bertz CT molecular complexity index is 772. The summed E-state index contributed by atoms with van der Waals surface area (Å²) in [5.74, 6) is -0.0123. The van der Waals surface area contributed by atoms with Gasteiger partial charge in [-0.2, -0.15) is 0 Å². The van der Waals surface area contributed by atoms with Gasteiger partial charge in [0.05, 0.1) is 0 Å². The minimum absolute atomic E-state index is 0.0187. The summed E-state index contributed by atoms with van der Waals surface area (Å²) in [4.78, 5) is 40.7. The molecule has 6 nitrogen and oxygen atoms in total. The fourth-order valence-corrected chi connectivity index (χ4v) is 4.11. The Morgan fingerprint density at radius 1 is 1.11 bits per heavy atom. The fraction of sp³-hybridized carbons (Fsp3) is 0.682. The van der Waals surface area contributed by atoms with E-state index in [0.717, 1.165) is 44.9 Å². The van der Waals surface area contributed by atoms with Gasteiger partial charge in [0, 0.05) is 37.6 Å². The van der Waals surface area contributed by atoms with E-state index < -0.39 is 5.43 Å². The lowest BCUT2D eigenvalue weighted by molar-refractivity contribution is 0.0694. The van der Waals surface area contributed by atoms with Gasteiger partial charge in [-0.25, -0.2) is 0 Å². The normalized spacial score (nSPS) is 19.6. The smallest absolute Gasteiger partial charge is 0.259 e. The Morgan fingerprint density at radius 2 is 1.71 bits per heavy atom. The zero-order valence-corrected chi connectivity index (χ0v) is 17.4. The van der Waals surface area contributed by atoms with Crippen LogP contribution in [-0.2, 0) is 0 Å². The Kier molecular flexibility index (Phi) is 6.57. The highest BCUT2D eigenvalue weighted by Gasteiger charge is 2.28. The number of hydrogen-bond acceptors (Lipinski definition) is 3. The van der Waals surface area contributed by atoms with E-state index in [9.17, 15) is 14.4 Å². The van der Waals surface area contributed by atoms with Crippen molar-refractivity contribution >= 4 is 11.8 Å². The molecular weight excluding hydrogens is 354 g/mol. The van der Waals surface area contributed by atoms with Gasteiger partial charge < -0.3 is 14.8 Å². The molecule has 2 amide bonds. The van der Waals surface area contributed by atoms with Crippen molar-refractivity contribution in [2.75, 3.05) is 13.1 Å². The summed E-state index contributed by atoms with van der Waals surface area (Å²) in [6, 6.07) is 0.235. The predicted molar refractivity (Wildman–Crippen MR) is 110 cm³/mol. The third-order valence-corrected chi connectivity index (χ3v) is 6.33. The summed E-state index contributed by atoms with van der Waals surface area (Å²) in [7, 11) is 0. The average Bonchev–Trinajstić information content (AvgIpc) is 3.22. The molecule has 0 aromatic carbocycles. The fourth-order valence-electron chi connectivity index (χ4n) is 4.11. The lowest BCUT2D eigenvalue weighted by Crippen LogP contribution is -2.42. The Morgan fingerprint density at radius 3 is 2.32 bits per heavy atom. The minimum atomic E-state index is -0.446. The van der Waals surface area contributed by atoms with Gasteiger partial charge in [-0.15, -0.1) is 0 Å². The molecule has 3 rings (SSSR count). The van der Waals surface area contributed by atoms with Crippen molar-refractivity contribution in [3.63, 3.8) is 0 Å². The van der Waals surface area contributed by atoms with E-state index >= 15 is 0 Å². The summed E-state index contributed by atoms with van der Waals surface area (Å²) in [5.41, 5.74) is -0.222. The Hall–Kier alpha value is -2.11. The van der Waals surface area contributed by atoms with Gasteiger partial charge >= 0.3 is 0 Å². The molecule has 1 saturated carbocycles. The molecule has 154 valence electrons. The molecule has 1 aliphatic heterocycles. The highest BCUT2D eigenvalue weighted by Crippen LogP contribution is 2.29. The summed E-state index contributed by atoms with van der Waals surface area (Å²) >= 11 is 0. The standard InChI is InChI=1S/C22H33N3O3/c1-4-16(3)23-21(27)18-13-25(17-7-5-6-8-17)14-19(20(18)26)22(28)24-11-9-15(2)10-12-24/h13-17H,4-12H2,1-3H3,(H,23,27). The zero-order valence-electron chi connectivity index (χ0n) is 17.4. The van der Waals surface area contributed by atoms with Crippen LogP contribution in [0.2, 0.25) is 0 Å². The second-order valence-corrected chi connectivity index (χ2v) is 8.56. The van der Waals surface area contributed by atoms with Gasteiger partial charge in [-0.05, 0) is 44.9 Å². The summed E-state index contributed by atoms with van der Waals surface area (Å²) < 4.78 is 1.94. The van der Waals surface area contributed by atoms with E-state index in [1.807, 2.05) is 18.4 Å². The number of aromatic nitrogens is 1. The lowest BCUT2D eigenvalue weighted by Gasteiger charge is -2.30.